The Kier molecular flexibility index (Phi) is 7.40. The first kappa shape index (κ1) is 24.0. The number of likely N-dealkylation sites (N-methyl/N-ethyl adjacent to an activating group) is 1. The van der Waals surface area contributed by atoms with E-state index in [4.69, 9.17) is 16.3 Å². The van der Waals surface area contributed by atoms with Crippen LogP contribution in [0.1, 0.15) is 34.8 Å². The molecule has 0 aliphatic carbocycles. The molecule has 1 aliphatic rings. The Balaban J connectivity index is 1.55. The molecule has 0 spiro atoms. The molecule has 0 N–H and O–H groups in total. The van der Waals surface area contributed by atoms with Gasteiger partial charge in [0, 0.05) is 25.2 Å². The van der Waals surface area contributed by atoms with E-state index in [0.29, 0.717) is 24.2 Å². The van der Waals surface area contributed by atoms with Gasteiger partial charge >= 0.3 is 5.97 Å². The number of esters is 1. The van der Waals surface area contributed by atoms with Crippen molar-refractivity contribution in [2.24, 2.45) is 0 Å². The molecule has 1 aromatic heterocycles. The molecule has 0 bridgehead atoms. The minimum absolute atomic E-state index is 0.00272. The summed E-state index contributed by atoms with van der Waals surface area (Å²) in [6.07, 6.45) is 3.10. The SMILES string of the molecule is Cc1ccc(CN(C)C(=O)COC(=O)/C=C/c2c(C)nn([C@H]3CCS(=O)(=O)C3)c2Cl)cc1. The maximum atomic E-state index is 12.2. The van der Waals surface area contributed by atoms with Crippen molar-refractivity contribution in [2.45, 2.75) is 32.9 Å². The minimum Gasteiger partial charge on any atom is -0.452 e. The van der Waals surface area contributed by atoms with Gasteiger partial charge in [0.2, 0.25) is 0 Å². The summed E-state index contributed by atoms with van der Waals surface area (Å²) in [6, 6.07) is 7.52. The molecule has 1 atom stereocenters. The summed E-state index contributed by atoms with van der Waals surface area (Å²) in [5.74, 6) is -0.904. The monoisotopic (exact) mass is 479 g/mol. The molecule has 8 nitrogen and oxygen atoms in total. The smallest absolute Gasteiger partial charge is 0.331 e. The zero-order valence-electron chi connectivity index (χ0n) is 18.2. The maximum Gasteiger partial charge on any atom is 0.331 e. The van der Waals surface area contributed by atoms with Crippen LogP contribution in [0.4, 0.5) is 0 Å². The Bertz CT molecular complexity index is 1140. The molecule has 10 heteroatoms. The van der Waals surface area contributed by atoms with E-state index in [1.54, 1.807) is 14.0 Å². The number of halogens is 1. The third-order valence-corrected chi connectivity index (χ3v) is 7.44. The molecule has 1 fully saturated rings. The third-order valence-electron chi connectivity index (χ3n) is 5.32. The molecule has 0 radical (unpaired) electrons. The van der Waals surface area contributed by atoms with Gasteiger partial charge in [0.1, 0.15) is 5.15 Å². The molecular weight excluding hydrogens is 454 g/mol. The topological polar surface area (TPSA) is 98.6 Å². The van der Waals surface area contributed by atoms with Gasteiger partial charge in [-0.25, -0.2) is 17.9 Å². The summed E-state index contributed by atoms with van der Waals surface area (Å²) in [4.78, 5) is 25.8. The normalized spacial score (nSPS) is 17.6. The Labute approximate surface area is 192 Å². The molecule has 2 aromatic rings. The van der Waals surface area contributed by atoms with Gasteiger partial charge in [-0.3, -0.25) is 4.79 Å². The van der Waals surface area contributed by atoms with E-state index in [2.05, 4.69) is 5.10 Å². The van der Waals surface area contributed by atoms with Crippen LogP contribution in [0.25, 0.3) is 6.08 Å². The highest BCUT2D eigenvalue weighted by Crippen LogP contribution is 2.30. The molecule has 3 rings (SSSR count). The minimum atomic E-state index is -3.08. The van der Waals surface area contributed by atoms with Gasteiger partial charge in [0.25, 0.3) is 5.91 Å². The van der Waals surface area contributed by atoms with Gasteiger partial charge in [-0.15, -0.1) is 0 Å². The molecule has 1 aliphatic heterocycles. The number of sulfone groups is 1. The summed E-state index contributed by atoms with van der Waals surface area (Å²) < 4.78 is 30.0. The highest BCUT2D eigenvalue weighted by atomic mass is 35.5. The van der Waals surface area contributed by atoms with Crippen LogP contribution in [0, 0.1) is 13.8 Å². The Morgan fingerprint density at radius 2 is 1.97 bits per heavy atom. The molecule has 0 unspecified atom stereocenters. The number of rotatable bonds is 7. The van der Waals surface area contributed by atoms with Gasteiger partial charge < -0.3 is 9.64 Å². The first-order valence-corrected chi connectivity index (χ1v) is 12.3. The van der Waals surface area contributed by atoms with E-state index in [1.807, 2.05) is 31.2 Å². The van der Waals surface area contributed by atoms with E-state index >= 15 is 0 Å². The highest BCUT2D eigenvalue weighted by Gasteiger charge is 2.31. The van der Waals surface area contributed by atoms with Crippen LogP contribution in [-0.2, 0) is 30.7 Å². The highest BCUT2D eigenvalue weighted by molar-refractivity contribution is 7.91. The number of hydrogen-bond donors (Lipinski definition) is 0. The lowest BCUT2D eigenvalue weighted by atomic mass is 10.1. The van der Waals surface area contributed by atoms with Crippen molar-refractivity contribution in [1.82, 2.24) is 14.7 Å². The standard InChI is InChI=1S/C22H26ClN3O5S/c1-15-4-6-17(7-5-15)12-25(3)20(27)13-31-21(28)9-8-19-16(2)24-26(22(19)23)18-10-11-32(29,30)14-18/h4-9,18H,10-14H2,1-3H3/b9-8+/t18-/m0/s1. The second kappa shape index (κ2) is 9.87. The average molecular weight is 480 g/mol. The van der Waals surface area contributed by atoms with E-state index in [9.17, 15) is 18.0 Å². The van der Waals surface area contributed by atoms with Crippen molar-refractivity contribution in [1.29, 1.82) is 0 Å². The fourth-order valence-electron chi connectivity index (χ4n) is 3.43. The second-order valence-electron chi connectivity index (χ2n) is 7.97. The molecule has 2 heterocycles. The third kappa shape index (κ3) is 5.98. The van der Waals surface area contributed by atoms with E-state index in [-0.39, 0.29) is 35.2 Å². The fourth-order valence-corrected chi connectivity index (χ4v) is 5.50. The van der Waals surface area contributed by atoms with Crippen LogP contribution in [0.5, 0.6) is 0 Å². The van der Waals surface area contributed by atoms with Crippen LogP contribution < -0.4 is 0 Å². The Morgan fingerprint density at radius 1 is 1.28 bits per heavy atom. The van der Waals surface area contributed by atoms with Crippen molar-refractivity contribution >= 4 is 39.4 Å². The van der Waals surface area contributed by atoms with Gasteiger partial charge in [0.05, 0.1) is 23.2 Å². The lowest BCUT2D eigenvalue weighted by Gasteiger charge is -2.17. The van der Waals surface area contributed by atoms with E-state index in [0.717, 1.165) is 11.1 Å². The number of benzene rings is 1. The van der Waals surface area contributed by atoms with E-state index < -0.39 is 15.8 Å². The van der Waals surface area contributed by atoms with Gasteiger partial charge in [0.15, 0.2) is 16.4 Å². The second-order valence-corrected chi connectivity index (χ2v) is 10.6. The Morgan fingerprint density at radius 3 is 2.59 bits per heavy atom. The molecule has 1 aromatic carbocycles. The van der Waals surface area contributed by atoms with E-state index in [1.165, 1.54) is 21.7 Å². The Hall–Kier alpha value is -2.65. The molecule has 32 heavy (non-hydrogen) atoms. The van der Waals surface area contributed by atoms with Crippen LogP contribution in [0.15, 0.2) is 30.3 Å². The number of ether oxygens (including phenoxy) is 1. The predicted molar refractivity (Wildman–Crippen MR) is 122 cm³/mol. The number of carbonyl (C=O) groups is 2. The molecule has 172 valence electrons. The summed E-state index contributed by atoms with van der Waals surface area (Å²) >= 11 is 6.38. The van der Waals surface area contributed by atoms with Crippen molar-refractivity contribution in [3.05, 3.63) is 57.9 Å². The summed E-state index contributed by atoms with van der Waals surface area (Å²) in [6.45, 7) is 3.75. The van der Waals surface area contributed by atoms with Gasteiger partial charge in [-0.05, 0) is 31.9 Å². The summed E-state index contributed by atoms with van der Waals surface area (Å²) in [5, 5.41) is 4.60. The molecule has 1 amide bonds. The lowest BCUT2D eigenvalue weighted by Crippen LogP contribution is -2.30. The zero-order valence-corrected chi connectivity index (χ0v) is 19.8. The van der Waals surface area contributed by atoms with Crippen molar-refractivity contribution in [3.63, 3.8) is 0 Å². The van der Waals surface area contributed by atoms with Crippen LogP contribution in [0.3, 0.4) is 0 Å². The predicted octanol–water partition coefficient (Wildman–Crippen LogP) is 2.73. The van der Waals surface area contributed by atoms with Crippen LogP contribution >= 0.6 is 11.6 Å². The maximum absolute atomic E-state index is 12.2. The number of nitrogens with zero attached hydrogens (tertiary/aromatic N) is 3. The van der Waals surface area contributed by atoms with Crippen LogP contribution in [-0.4, -0.2) is 60.1 Å². The summed E-state index contributed by atoms with van der Waals surface area (Å²) in [5.41, 5.74) is 3.19. The first-order valence-electron chi connectivity index (χ1n) is 10.1. The van der Waals surface area contributed by atoms with Gasteiger partial charge in [-0.1, -0.05) is 41.4 Å². The van der Waals surface area contributed by atoms with Crippen molar-refractivity contribution in [3.8, 4) is 0 Å². The largest absolute Gasteiger partial charge is 0.452 e. The number of carbonyl (C=O) groups excluding carboxylic acids is 2. The molecule has 0 saturated carbocycles. The van der Waals surface area contributed by atoms with Gasteiger partial charge in [-0.2, -0.15) is 5.10 Å². The fraction of sp³-hybridized carbons (Fsp3) is 0.409. The van der Waals surface area contributed by atoms with Crippen LogP contribution in [0.2, 0.25) is 5.15 Å². The lowest BCUT2D eigenvalue weighted by molar-refractivity contribution is -0.147. The van der Waals surface area contributed by atoms with Crippen molar-refractivity contribution in [2.75, 3.05) is 25.2 Å². The number of hydrogen-bond acceptors (Lipinski definition) is 6. The number of aromatic nitrogens is 2. The summed E-state index contributed by atoms with van der Waals surface area (Å²) in [7, 11) is -1.44. The molecular formula is C22H26ClN3O5S. The number of aryl methyl sites for hydroxylation is 2. The average Bonchev–Trinajstić information content (AvgIpc) is 3.24. The van der Waals surface area contributed by atoms with Crippen molar-refractivity contribution < 1.29 is 22.7 Å². The number of amides is 1. The first-order chi connectivity index (χ1) is 15.1. The zero-order chi connectivity index (χ0) is 23.5. The molecule has 1 saturated heterocycles. The quantitative estimate of drug-likeness (QED) is 0.447.